The van der Waals surface area contributed by atoms with Crippen molar-refractivity contribution in [3.63, 3.8) is 0 Å². The lowest BCUT2D eigenvalue weighted by Gasteiger charge is -2.19. The van der Waals surface area contributed by atoms with Gasteiger partial charge in [0.15, 0.2) is 0 Å². The van der Waals surface area contributed by atoms with Crippen molar-refractivity contribution in [2.45, 2.75) is 26.3 Å². The molecule has 0 unspecified atom stereocenters. The second-order valence-corrected chi connectivity index (χ2v) is 4.15. The fourth-order valence-electron chi connectivity index (χ4n) is 1.91. The van der Waals surface area contributed by atoms with Crippen molar-refractivity contribution in [3.05, 3.63) is 35.4 Å². The molecule has 1 heterocycles. The minimum atomic E-state index is -0.498. The summed E-state index contributed by atoms with van der Waals surface area (Å²) in [6.07, 6.45) is 0.756. The van der Waals surface area contributed by atoms with Gasteiger partial charge in [-0.1, -0.05) is 29.8 Å². The van der Waals surface area contributed by atoms with Crippen LogP contribution < -0.4 is 5.73 Å². The molecule has 0 fully saturated rings. The van der Waals surface area contributed by atoms with Crippen molar-refractivity contribution in [1.29, 1.82) is 0 Å². The standard InChI is InChI=1S/C12H15N3O/c1-8-3-5-10(6-4-8)11-7-9(2)14-15(11)12(13)16/h3-6,11H,7H2,1-2H3,(H2,13,16)/t11-/m0/s1. The van der Waals surface area contributed by atoms with Crippen LogP contribution in [0.2, 0.25) is 0 Å². The molecule has 84 valence electrons. The summed E-state index contributed by atoms with van der Waals surface area (Å²) in [6, 6.07) is 7.55. The summed E-state index contributed by atoms with van der Waals surface area (Å²) in [5, 5.41) is 5.50. The van der Waals surface area contributed by atoms with E-state index in [1.807, 2.05) is 38.1 Å². The molecule has 0 radical (unpaired) electrons. The van der Waals surface area contributed by atoms with Crippen molar-refractivity contribution in [2.75, 3.05) is 0 Å². The largest absolute Gasteiger partial charge is 0.350 e. The molecule has 2 amide bonds. The lowest BCUT2D eigenvalue weighted by atomic mass is 10.0. The molecule has 0 aromatic heterocycles. The van der Waals surface area contributed by atoms with Gasteiger partial charge >= 0.3 is 6.03 Å². The van der Waals surface area contributed by atoms with E-state index in [1.165, 1.54) is 10.6 Å². The Balaban J connectivity index is 2.28. The third-order valence-electron chi connectivity index (χ3n) is 2.75. The summed E-state index contributed by atoms with van der Waals surface area (Å²) in [7, 11) is 0. The molecule has 4 nitrogen and oxygen atoms in total. The van der Waals surface area contributed by atoms with Crippen LogP contribution in [-0.2, 0) is 0 Å². The maximum Gasteiger partial charge on any atom is 0.335 e. The van der Waals surface area contributed by atoms with Crippen molar-refractivity contribution in [3.8, 4) is 0 Å². The molecular formula is C12H15N3O. The maximum absolute atomic E-state index is 11.2. The Hall–Kier alpha value is -1.84. The van der Waals surface area contributed by atoms with E-state index >= 15 is 0 Å². The third-order valence-corrected chi connectivity index (χ3v) is 2.75. The Kier molecular flexibility index (Phi) is 2.64. The van der Waals surface area contributed by atoms with Crippen LogP contribution in [-0.4, -0.2) is 16.8 Å². The van der Waals surface area contributed by atoms with Gasteiger partial charge in [0.25, 0.3) is 0 Å². The molecule has 1 atom stereocenters. The van der Waals surface area contributed by atoms with Crippen LogP contribution in [0.15, 0.2) is 29.4 Å². The molecule has 16 heavy (non-hydrogen) atoms. The molecule has 0 bridgehead atoms. The number of nitrogens with zero attached hydrogens (tertiary/aromatic N) is 2. The fourth-order valence-corrected chi connectivity index (χ4v) is 1.91. The highest BCUT2D eigenvalue weighted by Gasteiger charge is 2.29. The second kappa shape index (κ2) is 3.96. The quantitative estimate of drug-likeness (QED) is 0.770. The van der Waals surface area contributed by atoms with Crippen LogP contribution in [0.4, 0.5) is 4.79 Å². The number of nitrogens with two attached hydrogens (primary N) is 1. The fraction of sp³-hybridized carbons (Fsp3) is 0.333. The number of rotatable bonds is 1. The molecule has 1 aromatic rings. The van der Waals surface area contributed by atoms with Crippen LogP contribution >= 0.6 is 0 Å². The summed E-state index contributed by atoms with van der Waals surface area (Å²) in [5.74, 6) is 0. The molecule has 0 saturated heterocycles. The Morgan fingerprint density at radius 1 is 1.38 bits per heavy atom. The molecule has 1 aliphatic rings. The highest BCUT2D eigenvalue weighted by atomic mass is 16.2. The SMILES string of the molecule is CC1=NN(C(N)=O)[C@H](c2ccc(C)cc2)C1. The summed E-state index contributed by atoms with van der Waals surface area (Å²) < 4.78 is 0. The van der Waals surface area contributed by atoms with E-state index in [0.29, 0.717) is 0 Å². The minimum Gasteiger partial charge on any atom is -0.350 e. The van der Waals surface area contributed by atoms with Crippen LogP contribution in [0.1, 0.15) is 30.5 Å². The van der Waals surface area contributed by atoms with Crippen molar-refractivity contribution in [2.24, 2.45) is 10.8 Å². The molecule has 0 spiro atoms. The van der Waals surface area contributed by atoms with Gasteiger partial charge in [-0.05, 0) is 19.4 Å². The number of carbonyl (C=O) groups excluding carboxylic acids is 1. The number of carbonyl (C=O) groups is 1. The van der Waals surface area contributed by atoms with Crippen LogP contribution in [0.5, 0.6) is 0 Å². The van der Waals surface area contributed by atoms with Gasteiger partial charge < -0.3 is 5.73 Å². The topological polar surface area (TPSA) is 58.7 Å². The van der Waals surface area contributed by atoms with Crippen LogP contribution in [0.25, 0.3) is 0 Å². The highest BCUT2D eigenvalue weighted by molar-refractivity contribution is 5.87. The molecule has 0 saturated carbocycles. The summed E-state index contributed by atoms with van der Waals surface area (Å²) in [6.45, 7) is 3.94. The van der Waals surface area contributed by atoms with Crippen molar-refractivity contribution >= 4 is 11.7 Å². The predicted molar refractivity (Wildman–Crippen MR) is 63.1 cm³/mol. The average Bonchev–Trinajstić information content (AvgIpc) is 2.61. The molecular weight excluding hydrogens is 202 g/mol. The number of primary amides is 1. The van der Waals surface area contributed by atoms with Crippen LogP contribution in [0, 0.1) is 6.92 Å². The molecule has 2 rings (SSSR count). The second-order valence-electron chi connectivity index (χ2n) is 4.15. The molecule has 4 heteroatoms. The third kappa shape index (κ3) is 1.91. The van der Waals surface area contributed by atoms with E-state index in [2.05, 4.69) is 5.10 Å². The van der Waals surface area contributed by atoms with Crippen molar-refractivity contribution < 1.29 is 4.79 Å². The summed E-state index contributed by atoms with van der Waals surface area (Å²) >= 11 is 0. The number of hydrazone groups is 1. The first kappa shape index (κ1) is 10.7. The smallest absolute Gasteiger partial charge is 0.335 e. The predicted octanol–water partition coefficient (Wildman–Crippen LogP) is 2.20. The zero-order valence-electron chi connectivity index (χ0n) is 9.47. The van der Waals surface area contributed by atoms with Gasteiger partial charge in [0, 0.05) is 12.1 Å². The Bertz CT molecular complexity index is 436. The lowest BCUT2D eigenvalue weighted by Crippen LogP contribution is -2.31. The number of aryl methyl sites for hydroxylation is 1. The molecule has 2 N–H and O–H groups in total. The molecule has 1 aliphatic heterocycles. The van der Waals surface area contributed by atoms with Gasteiger partial charge in [0.2, 0.25) is 0 Å². The van der Waals surface area contributed by atoms with Gasteiger partial charge in [-0.2, -0.15) is 5.10 Å². The highest BCUT2D eigenvalue weighted by Crippen LogP contribution is 2.30. The normalized spacial score (nSPS) is 19.8. The van der Waals surface area contributed by atoms with E-state index in [-0.39, 0.29) is 6.04 Å². The van der Waals surface area contributed by atoms with E-state index in [4.69, 9.17) is 5.73 Å². The summed E-state index contributed by atoms with van der Waals surface area (Å²) in [4.78, 5) is 11.2. The summed E-state index contributed by atoms with van der Waals surface area (Å²) in [5.41, 5.74) is 8.51. The van der Waals surface area contributed by atoms with Gasteiger partial charge in [-0.25, -0.2) is 9.80 Å². The first-order valence-corrected chi connectivity index (χ1v) is 5.27. The number of benzene rings is 1. The van der Waals surface area contributed by atoms with E-state index < -0.39 is 6.03 Å². The first-order valence-electron chi connectivity index (χ1n) is 5.27. The maximum atomic E-state index is 11.2. The van der Waals surface area contributed by atoms with E-state index in [1.54, 1.807) is 0 Å². The zero-order valence-corrected chi connectivity index (χ0v) is 9.47. The van der Waals surface area contributed by atoms with Gasteiger partial charge in [-0.3, -0.25) is 0 Å². The van der Waals surface area contributed by atoms with E-state index in [9.17, 15) is 4.79 Å². The van der Waals surface area contributed by atoms with Crippen molar-refractivity contribution in [1.82, 2.24) is 5.01 Å². The molecule has 1 aromatic carbocycles. The Morgan fingerprint density at radius 3 is 2.56 bits per heavy atom. The zero-order chi connectivity index (χ0) is 11.7. The Labute approximate surface area is 94.7 Å². The van der Waals surface area contributed by atoms with Gasteiger partial charge in [0.1, 0.15) is 0 Å². The minimum absolute atomic E-state index is 0.0434. The average molecular weight is 217 g/mol. The lowest BCUT2D eigenvalue weighted by molar-refractivity contribution is 0.196. The van der Waals surface area contributed by atoms with E-state index in [0.717, 1.165) is 17.7 Å². The number of amides is 2. The van der Waals surface area contributed by atoms with Gasteiger partial charge in [-0.15, -0.1) is 0 Å². The first-order chi connectivity index (χ1) is 7.58. The van der Waals surface area contributed by atoms with Gasteiger partial charge in [0.05, 0.1) is 6.04 Å². The molecule has 0 aliphatic carbocycles. The monoisotopic (exact) mass is 217 g/mol. The Morgan fingerprint density at radius 2 is 2.00 bits per heavy atom. The number of urea groups is 1. The van der Waals surface area contributed by atoms with Crippen LogP contribution in [0.3, 0.4) is 0 Å². The number of hydrogen-bond donors (Lipinski definition) is 1. The number of hydrogen-bond acceptors (Lipinski definition) is 2.